The van der Waals surface area contributed by atoms with Crippen LogP contribution in [0.3, 0.4) is 0 Å². The summed E-state index contributed by atoms with van der Waals surface area (Å²) in [6.07, 6.45) is 6.13. The van der Waals surface area contributed by atoms with E-state index in [0.717, 1.165) is 17.8 Å². The van der Waals surface area contributed by atoms with E-state index in [4.69, 9.17) is 0 Å². The first-order valence-corrected chi connectivity index (χ1v) is 8.41. The zero-order valence-electron chi connectivity index (χ0n) is 13.3. The first-order valence-electron chi connectivity index (χ1n) is 8.41. The van der Waals surface area contributed by atoms with E-state index in [9.17, 15) is 0 Å². The van der Waals surface area contributed by atoms with Crippen LogP contribution >= 0.6 is 0 Å². The molecule has 3 rings (SSSR count). The van der Waals surface area contributed by atoms with Crippen molar-refractivity contribution < 1.29 is 0 Å². The SMILES string of the molecule is CC1CN(CC2CC3CCC2C3)C(C(C)(C)C)CN1. The molecule has 0 aromatic heterocycles. The van der Waals surface area contributed by atoms with Gasteiger partial charge in [-0.2, -0.15) is 0 Å². The van der Waals surface area contributed by atoms with Gasteiger partial charge in [0.25, 0.3) is 0 Å². The second-order valence-corrected chi connectivity index (χ2v) is 8.58. The fraction of sp³-hybridized carbons (Fsp3) is 1.00. The Labute approximate surface area is 119 Å². The summed E-state index contributed by atoms with van der Waals surface area (Å²) in [4.78, 5) is 2.83. The molecular formula is C17H32N2. The molecule has 5 unspecified atom stereocenters. The lowest BCUT2D eigenvalue weighted by Crippen LogP contribution is -2.60. The van der Waals surface area contributed by atoms with E-state index in [1.165, 1.54) is 38.9 Å². The lowest BCUT2D eigenvalue weighted by atomic mass is 9.82. The van der Waals surface area contributed by atoms with Gasteiger partial charge in [-0.05, 0) is 49.4 Å². The van der Waals surface area contributed by atoms with Gasteiger partial charge in [0.05, 0.1) is 0 Å². The van der Waals surface area contributed by atoms with Crippen molar-refractivity contribution in [1.29, 1.82) is 0 Å². The lowest BCUT2D eigenvalue weighted by Gasteiger charge is -2.47. The van der Waals surface area contributed by atoms with Gasteiger partial charge in [-0.15, -0.1) is 0 Å². The molecule has 0 radical (unpaired) electrons. The molecule has 0 amide bonds. The van der Waals surface area contributed by atoms with E-state index in [-0.39, 0.29) is 0 Å². The van der Waals surface area contributed by atoms with Gasteiger partial charge in [-0.3, -0.25) is 4.90 Å². The number of nitrogens with zero attached hydrogens (tertiary/aromatic N) is 1. The third-order valence-corrected chi connectivity index (χ3v) is 5.96. The Balaban J connectivity index is 1.66. The summed E-state index contributed by atoms with van der Waals surface area (Å²) in [5.41, 5.74) is 0.394. The molecule has 0 aromatic rings. The number of nitrogens with one attached hydrogen (secondary N) is 1. The Kier molecular flexibility index (Phi) is 3.68. The largest absolute Gasteiger partial charge is 0.311 e. The third-order valence-electron chi connectivity index (χ3n) is 5.96. The molecule has 1 N–H and O–H groups in total. The Hall–Kier alpha value is -0.0800. The van der Waals surface area contributed by atoms with Crippen molar-refractivity contribution in [2.24, 2.45) is 23.2 Å². The van der Waals surface area contributed by atoms with Crippen LogP contribution in [0, 0.1) is 23.2 Å². The molecule has 3 aliphatic rings. The van der Waals surface area contributed by atoms with Gasteiger partial charge in [0.2, 0.25) is 0 Å². The summed E-state index contributed by atoms with van der Waals surface area (Å²) >= 11 is 0. The maximum absolute atomic E-state index is 3.69. The molecule has 110 valence electrons. The van der Waals surface area contributed by atoms with Crippen LogP contribution in [0.1, 0.15) is 53.4 Å². The normalized spacial score (nSPS) is 43.9. The van der Waals surface area contributed by atoms with Gasteiger partial charge in [0, 0.05) is 31.7 Å². The summed E-state index contributed by atoms with van der Waals surface area (Å²) in [7, 11) is 0. The molecule has 19 heavy (non-hydrogen) atoms. The second kappa shape index (κ2) is 5.04. The molecule has 1 aliphatic heterocycles. The highest BCUT2D eigenvalue weighted by Gasteiger charge is 2.42. The summed E-state index contributed by atoms with van der Waals surface area (Å²) in [5.74, 6) is 3.16. The molecule has 2 heteroatoms. The highest BCUT2D eigenvalue weighted by Crippen LogP contribution is 2.48. The predicted octanol–water partition coefficient (Wildman–Crippen LogP) is 3.13. The molecule has 5 atom stereocenters. The van der Waals surface area contributed by atoms with Gasteiger partial charge in [-0.25, -0.2) is 0 Å². The van der Waals surface area contributed by atoms with Gasteiger partial charge in [0.15, 0.2) is 0 Å². The van der Waals surface area contributed by atoms with Crippen molar-refractivity contribution in [3.63, 3.8) is 0 Å². The van der Waals surface area contributed by atoms with E-state index in [2.05, 4.69) is 37.9 Å². The van der Waals surface area contributed by atoms with Crippen molar-refractivity contribution in [2.75, 3.05) is 19.6 Å². The second-order valence-electron chi connectivity index (χ2n) is 8.58. The van der Waals surface area contributed by atoms with Gasteiger partial charge >= 0.3 is 0 Å². The molecule has 2 bridgehead atoms. The smallest absolute Gasteiger partial charge is 0.0269 e. The van der Waals surface area contributed by atoms with Crippen molar-refractivity contribution in [2.45, 2.75) is 65.5 Å². The van der Waals surface area contributed by atoms with E-state index in [1.54, 1.807) is 6.42 Å². The fourth-order valence-electron chi connectivity index (χ4n) is 4.94. The number of hydrogen-bond acceptors (Lipinski definition) is 2. The van der Waals surface area contributed by atoms with Crippen molar-refractivity contribution in [1.82, 2.24) is 10.2 Å². The molecule has 2 aliphatic carbocycles. The first kappa shape index (κ1) is 13.9. The number of piperazine rings is 1. The third kappa shape index (κ3) is 2.85. The van der Waals surface area contributed by atoms with E-state index in [1.807, 2.05) is 0 Å². The minimum atomic E-state index is 0.394. The quantitative estimate of drug-likeness (QED) is 0.824. The minimum Gasteiger partial charge on any atom is -0.311 e. The van der Waals surface area contributed by atoms with Crippen LogP contribution in [0.4, 0.5) is 0 Å². The summed E-state index contributed by atoms with van der Waals surface area (Å²) < 4.78 is 0. The van der Waals surface area contributed by atoms with Crippen LogP contribution < -0.4 is 5.32 Å². The Morgan fingerprint density at radius 3 is 2.53 bits per heavy atom. The minimum absolute atomic E-state index is 0.394. The maximum atomic E-state index is 3.69. The first-order chi connectivity index (χ1) is 8.93. The van der Waals surface area contributed by atoms with E-state index >= 15 is 0 Å². The zero-order chi connectivity index (χ0) is 13.6. The Morgan fingerprint density at radius 2 is 1.95 bits per heavy atom. The van der Waals surface area contributed by atoms with Crippen LogP contribution in [0.2, 0.25) is 0 Å². The van der Waals surface area contributed by atoms with Crippen LogP contribution in [-0.2, 0) is 0 Å². The predicted molar refractivity (Wildman–Crippen MR) is 81.2 cm³/mol. The fourth-order valence-corrected chi connectivity index (χ4v) is 4.94. The molecule has 0 spiro atoms. The molecule has 1 heterocycles. The number of rotatable bonds is 2. The van der Waals surface area contributed by atoms with Crippen LogP contribution in [0.5, 0.6) is 0 Å². The average molecular weight is 264 g/mol. The highest BCUT2D eigenvalue weighted by molar-refractivity contribution is 4.96. The maximum Gasteiger partial charge on any atom is 0.0269 e. The van der Waals surface area contributed by atoms with Crippen LogP contribution in [0.25, 0.3) is 0 Å². The average Bonchev–Trinajstić information content (AvgIpc) is 2.89. The van der Waals surface area contributed by atoms with Crippen molar-refractivity contribution in [3.05, 3.63) is 0 Å². The lowest BCUT2D eigenvalue weighted by molar-refractivity contribution is 0.0379. The van der Waals surface area contributed by atoms with E-state index < -0.39 is 0 Å². The topological polar surface area (TPSA) is 15.3 Å². The van der Waals surface area contributed by atoms with Gasteiger partial charge in [-0.1, -0.05) is 27.2 Å². The van der Waals surface area contributed by atoms with Gasteiger partial charge < -0.3 is 5.32 Å². The Morgan fingerprint density at radius 1 is 1.16 bits per heavy atom. The Bertz CT molecular complexity index is 320. The highest BCUT2D eigenvalue weighted by atomic mass is 15.2. The molecule has 2 nitrogen and oxygen atoms in total. The molecular weight excluding hydrogens is 232 g/mol. The van der Waals surface area contributed by atoms with Crippen LogP contribution in [-0.4, -0.2) is 36.6 Å². The summed E-state index contributed by atoms with van der Waals surface area (Å²) in [6.45, 7) is 13.3. The zero-order valence-corrected chi connectivity index (χ0v) is 13.3. The molecule has 3 fully saturated rings. The number of hydrogen-bond donors (Lipinski definition) is 1. The van der Waals surface area contributed by atoms with Gasteiger partial charge in [0.1, 0.15) is 0 Å². The molecule has 1 saturated heterocycles. The van der Waals surface area contributed by atoms with Crippen molar-refractivity contribution in [3.8, 4) is 0 Å². The molecule has 2 saturated carbocycles. The van der Waals surface area contributed by atoms with E-state index in [0.29, 0.717) is 17.5 Å². The number of fused-ring (bicyclic) bond motifs is 2. The standard InChI is InChI=1S/C17H32N2/c1-12-10-19(16(9-18-12)17(2,3)4)11-15-8-13-5-6-14(15)7-13/h12-16,18H,5-11H2,1-4H3. The van der Waals surface area contributed by atoms with Crippen LogP contribution in [0.15, 0.2) is 0 Å². The monoisotopic (exact) mass is 264 g/mol. The summed E-state index contributed by atoms with van der Waals surface area (Å²) in [5, 5.41) is 3.69. The van der Waals surface area contributed by atoms with Crippen molar-refractivity contribution >= 4 is 0 Å². The molecule has 0 aromatic carbocycles. The summed E-state index contributed by atoms with van der Waals surface area (Å²) in [6, 6.07) is 1.38.